The summed E-state index contributed by atoms with van der Waals surface area (Å²) in [5.41, 5.74) is 4.62. The average Bonchev–Trinajstić information content (AvgIpc) is 3.37. The molecule has 0 amide bonds. The summed E-state index contributed by atoms with van der Waals surface area (Å²) in [6.07, 6.45) is 5.68. The van der Waals surface area contributed by atoms with E-state index in [1.165, 1.54) is 16.1 Å². The highest BCUT2D eigenvalue weighted by molar-refractivity contribution is 7.18. The van der Waals surface area contributed by atoms with Crippen molar-refractivity contribution in [2.45, 2.75) is 58.7 Å². The molecule has 0 aliphatic heterocycles. The molecule has 0 saturated heterocycles. The molecule has 3 heterocycles. The Hall–Kier alpha value is -2.97. The van der Waals surface area contributed by atoms with Crippen LogP contribution >= 0.6 is 11.3 Å². The molecule has 3 aromatic heterocycles. The summed E-state index contributed by atoms with van der Waals surface area (Å²) >= 11 is 1.68. The van der Waals surface area contributed by atoms with E-state index in [4.69, 9.17) is 4.74 Å². The number of nitrogens with one attached hydrogen (secondary N) is 1. The third-order valence-corrected chi connectivity index (χ3v) is 7.79. The minimum atomic E-state index is 0.0645. The highest BCUT2D eigenvalue weighted by atomic mass is 32.1. The van der Waals surface area contributed by atoms with Crippen LogP contribution in [0.1, 0.15) is 40.2 Å². The normalized spacial score (nSPS) is 15.6. The van der Waals surface area contributed by atoms with Crippen LogP contribution in [-0.4, -0.2) is 39.0 Å². The lowest BCUT2D eigenvalue weighted by Crippen LogP contribution is -2.35. The Balaban J connectivity index is 1.24. The van der Waals surface area contributed by atoms with E-state index in [1.54, 1.807) is 29.3 Å². The number of thiophene rings is 1. The Morgan fingerprint density at radius 2 is 2.06 bits per heavy atom. The van der Waals surface area contributed by atoms with Gasteiger partial charge in [-0.25, -0.2) is 4.98 Å². The summed E-state index contributed by atoms with van der Waals surface area (Å²) < 4.78 is 9.04. The van der Waals surface area contributed by atoms with Crippen LogP contribution in [0.15, 0.2) is 41.5 Å². The van der Waals surface area contributed by atoms with Crippen molar-refractivity contribution in [3.8, 4) is 5.75 Å². The maximum absolute atomic E-state index is 13.3. The second kappa shape index (κ2) is 9.72. The van der Waals surface area contributed by atoms with E-state index in [2.05, 4.69) is 33.1 Å². The Bertz CT molecular complexity index is 1350. The number of nitrogens with zero attached hydrogens (tertiary/aromatic N) is 4. The van der Waals surface area contributed by atoms with Crippen LogP contribution in [0.25, 0.3) is 10.2 Å². The van der Waals surface area contributed by atoms with Gasteiger partial charge in [-0.3, -0.25) is 14.0 Å². The maximum Gasteiger partial charge on any atom is 0.262 e. The van der Waals surface area contributed by atoms with Crippen LogP contribution in [0.3, 0.4) is 0 Å². The number of hydrogen-bond acceptors (Lipinski definition) is 6. The largest absolute Gasteiger partial charge is 0.497 e. The van der Waals surface area contributed by atoms with E-state index in [1.807, 2.05) is 31.2 Å². The van der Waals surface area contributed by atoms with Gasteiger partial charge in [0, 0.05) is 23.2 Å². The number of ether oxygens (including phenoxy) is 1. The van der Waals surface area contributed by atoms with Gasteiger partial charge in [0.05, 0.1) is 31.1 Å². The molecule has 7 nitrogen and oxygen atoms in total. The fraction of sp³-hybridized carbons (Fsp3) is 0.423. The summed E-state index contributed by atoms with van der Waals surface area (Å²) in [5.74, 6) is 0.811. The molecule has 8 heteroatoms. The third kappa shape index (κ3) is 4.65. The minimum absolute atomic E-state index is 0.0645. The lowest BCUT2D eigenvalue weighted by molar-refractivity contribution is 0.414. The van der Waals surface area contributed by atoms with Gasteiger partial charge in [-0.15, -0.1) is 11.3 Å². The smallest absolute Gasteiger partial charge is 0.262 e. The van der Waals surface area contributed by atoms with E-state index in [0.717, 1.165) is 66.0 Å². The predicted molar refractivity (Wildman–Crippen MR) is 136 cm³/mol. The van der Waals surface area contributed by atoms with Gasteiger partial charge in [-0.1, -0.05) is 12.1 Å². The fourth-order valence-electron chi connectivity index (χ4n) is 4.85. The number of methoxy groups -OCH3 is 1. The van der Waals surface area contributed by atoms with E-state index < -0.39 is 0 Å². The van der Waals surface area contributed by atoms with Crippen molar-refractivity contribution in [1.82, 2.24) is 24.6 Å². The molecule has 0 saturated carbocycles. The zero-order valence-electron chi connectivity index (χ0n) is 20.0. The molecule has 1 aromatic carbocycles. The van der Waals surface area contributed by atoms with Crippen molar-refractivity contribution in [2.75, 3.05) is 13.7 Å². The van der Waals surface area contributed by atoms with Gasteiger partial charge >= 0.3 is 0 Å². The predicted octanol–water partition coefficient (Wildman–Crippen LogP) is 3.87. The number of aromatic nitrogens is 4. The number of rotatable bonds is 8. The molecular weight excluding hydrogens is 446 g/mol. The first-order valence-corrected chi connectivity index (χ1v) is 12.7. The van der Waals surface area contributed by atoms with E-state index in [-0.39, 0.29) is 5.56 Å². The molecule has 1 unspecified atom stereocenters. The quantitative estimate of drug-likeness (QED) is 0.390. The first kappa shape index (κ1) is 22.8. The highest BCUT2D eigenvalue weighted by Gasteiger charge is 2.25. The topological polar surface area (TPSA) is 74.0 Å². The van der Waals surface area contributed by atoms with Gasteiger partial charge in [0.25, 0.3) is 5.56 Å². The van der Waals surface area contributed by atoms with Crippen LogP contribution in [0.5, 0.6) is 5.75 Å². The number of hydrogen-bond donors (Lipinski definition) is 1. The summed E-state index contributed by atoms with van der Waals surface area (Å²) in [5, 5.41) is 9.09. The minimum Gasteiger partial charge on any atom is -0.497 e. The molecule has 1 aliphatic rings. The van der Waals surface area contributed by atoms with Crippen LogP contribution in [-0.2, 0) is 25.9 Å². The fourth-order valence-corrected chi connectivity index (χ4v) is 6.11. The molecular formula is C26H31N5O2S. The van der Waals surface area contributed by atoms with Crippen molar-refractivity contribution >= 4 is 21.6 Å². The first-order chi connectivity index (χ1) is 16.5. The SMILES string of the molecule is COc1ccc(Cn2cnc3sc4c(c3c2=O)CCC(NCCCn2nc(C)cc2C)C4)cc1. The zero-order chi connectivity index (χ0) is 23.7. The number of benzene rings is 1. The van der Waals surface area contributed by atoms with Crippen molar-refractivity contribution < 1.29 is 4.74 Å². The molecule has 178 valence electrons. The summed E-state index contributed by atoms with van der Waals surface area (Å²) in [6, 6.07) is 10.4. The van der Waals surface area contributed by atoms with Gasteiger partial charge in [-0.05, 0) is 75.4 Å². The molecule has 0 bridgehead atoms. The second-order valence-corrected chi connectivity index (χ2v) is 10.2. The zero-order valence-corrected chi connectivity index (χ0v) is 20.8. The van der Waals surface area contributed by atoms with E-state index in [0.29, 0.717) is 12.6 Å². The van der Waals surface area contributed by atoms with Gasteiger partial charge in [0.1, 0.15) is 10.6 Å². The molecule has 34 heavy (non-hydrogen) atoms. The van der Waals surface area contributed by atoms with Crippen molar-refractivity contribution in [1.29, 1.82) is 0 Å². The van der Waals surface area contributed by atoms with Crippen molar-refractivity contribution in [2.24, 2.45) is 0 Å². The van der Waals surface area contributed by atoms with Gasteiger partial charge in [-0.2, -0.15) is 5.10 Å². The molecule has 0 fully saturated rings. The van der Waals surface area contributed by atoms with E-state index >= 15 is 0 Å². The third-order valence-electron chi connectivity index (χ3n) is 6.63. The lowest BCUT2D eigenvalue weighted by Gasteiger charge is -2.23. The number of aryl methyl sites for hydroxylation is 4. The Morgan fingerprint density at radius 1 is 1.24 bits per heavy atom. The Morgan fingerprint density at radius 3 is 2.79 bits per heavy atom. The molecule has 0 radical (unpaired) electrons. The molecule has 1 N–H and O–H groups in total. The Kier molecular flexibility index (Phi) is 6.52. The molecule has 1 aliphatic carbocycles. The van der Waals surface area contributed by atoms with Gasteiger partial charge in [0.15, 0.2) is 0 Å². The summed E-state index contributed by atoms with van der Waals surface area (Å²) in [4.78, 5) is 20.2. The molecule has 0 spiro atoms. The number of fused-ring (bicyclic) bond motifs is 3. The van der Waals surface area contributed by atoms with E-state index in [9.17, 15) is 4.79 Å². The van der Waals surface area contributed by atoms with Crippen LogP contribution in [0.2, 0.25) is 0 Å². The second-order valence-electron chi connectivity index (χ2n) is 9.11. The average molecular weight is 478 g/mol. The Labute approximate surface area is 203 Å². The van der Waals surface area contributed by atoms with Crippen molar-refractivity contribution in [3.63, 3.8) is 0 Å². The maximum atomic E-state index is 13.3. The van der Waals surface area contributed by atoms with Crippen LogP contribution < -0.4 is 15.6 Å². The molecule has 4 aromatic rings. The van der Waals surface area contributed by atoms with Gasteiger partial charge in [0.2, 0.25) is 0 Å². The van der Waals surface area contributed by atoms with Crippen LogP contribution in [0, 0.1) is 13.8 Å². The first-order valence-electron chi connectivity index (χ1n) is 11.9. The molecule has 5 rings (SSSR count). The monoisotopic (exact) mass is 477 g/mol. The van der Waals surface area contributed by atoms with Crippen LogP contribution in [0.4, 0.5) is 0 Å². The highest BCUT2D eigenvalue weighted by Crippen LogP contribution is 2.33. The van der Waals surface area contributed by atoms with Crippen molar-refractivity contribution in [3.05, 3.63) is 74.4 Å². The summed E-state index contributed by atoms with van der Waals surface area (Å²) in [7, 11) is 1.65. The summed E-state index contributed by atoms with van der Waals surface area (Å²) in [6.45, 7) is 6.56. The lowest BCUT2D eigenvalue weighted by atomic mass is 9.93. The van der Waals surface area contributed by atoms with Gasteiger partial charge < -0.3 is 10.1 Å². The standard InChI is InChI=1S/C26H31N5O2S/c1-17-13-18(2)31(29-17)12-4-11-27-20-7-10-22-23(14-20)34-25-24(22)26(32)30(16-28-25)15-19-5-8-21(33-3)9-6-19/h5-6,8-9,13,16,20,27H,4,7,10-12,14-15H2,1-3H3. The molecule has 1 atom stereocenters.